The van der Waals surface area contributed by atoms with E-state index in [1.807, 2.05) is 31.2 Å². The molecule has 0 aliphatic heterocycles. The van der Waals surface area contributed by atoms with E-state index in [1.54, 1.807) is 0 Å². The maximum Gasteiger partial charge on any atom is 0.210 e. The number of aryl methyl sites for hydroxylation is 1. The van der Waals surface area contributed by atoms with Crippen LogP contribution in [0.4, 0.5) is 0 Å². The molecule has 0 N–H and O–H groups in total. The standard InChI is InChI=1S/C9H8Cl4/c1-6-2-4-7(5-3-6)8(10)9(11,12)13/h2-5,8H,1H3. The Bertz CT molecular complexity index is 273. The average molecular weight is 258 g/mol. The Balaban J connectivity index is 2.90. The van der Waals surface area contributed by atoms with Gasteiger partial charge in [-0.05, 0) is 12.5 Å². The van der Waals surface area contributed by atoms with Gasteiger partial charge in [-0.3, -0.25) is 0 Å². The van der Waals surface area contributed by atoms with E-state index in [0.717, 1.165) is 11.1 Å². The number of halogens is 4. The first-order valence-corrected chi connectivity index (χ1v) is 5.25. The van der Waals surface area contributed by atoms with Gasteiger partial charge in [0.25, 0.3) is 0 Å². The average Bonchev–Trinajstić information content (AvgIpc) is 2.03. The van der Waals surface area contributed by atoms with E-state index in [9.17, 15) is 0 Å². The summed E-state index contributed by atoms with van der Waals surface area (Å²) in [6.45, 7) is 1.99. The SMILES string of the molecule is Cc1ccc(C(Cl)C(Cl)(Cl)Cl)cc1. The molecule has 0 heterocycles. The van der Waals surface area contributed by atoms with Crippen LogP contribution in [0.2, 0.25) is 0 Å². The number of benzene rings is 1. The highest BCUT2D eigenvalue weighted by Gasteiger charge is 2.31. The van der Waals surface area contributed by atoms with Crippen LogP contribution in [0.25, 0.3) is 0 Å². The first-order chi connectivity index (χ1) is 5.91. The van der Waals surface area contributed by atoms with Crippen molar-refractivity contribution >= 4 is 46.4 Å². The highest BCUT2D eigenvalue weighted by Crippen LogP contribution is 2.44. The largest absolute Gasteiger partial charge is 0.210 e. The van der Waals surface area contributed by atoms with Crippen molar-refractivity contribution in [2.24, 2.45) is 0 Å². The van der Waals surface area contributed by atoms with Crippen molar-refractivity contribution in [2.75, 3.05) is 0 Å². The van der Waals surface area contributed by atoms with Crippen LogP contribution in [0.3, 0.4) is 0 Å². The predicted molar refractivity (Wildman–Crippen MR) is 60.1 cm³/mol. The molecule has 0 aliphatic carbocycles. The second kappa shape index (κ2) is 4.27. The molecule has 0 radical (unpaired) electrons. The van der Waals surface area contributed by atoms with Gasteiger partial charge in [0.1, 0.15) is 5.38 Å². The molecule has 0 aliphatic rings. The molecule has 0 saturated heterocycles. The molecule has 13 heavy (non-hydrogen) atoms. The zero-order valence-corrected chi connectivity index (χ0v) is 9.92. The summed E-state index contributed by atoms with van der Waals surface area (Å²) in [4.78, 5) is 0. The van der Waals surface area contributed by atoms with Gasteiger partial charge in [-0.1, -0.05) is 64.6 Å². The Hall–Kier alpha value is 0.380. The third-order valence-corrected chi connectivity index (χ3v) is 3.23. The van der Waals surface area contributed by atoms with E-state index >= 15 is 0 Å². The van der Waals surface area contributed by atoms with Crippen molar-refractivity contribution in [3.05, 3.63) is 35.4 Å². The molecule has 1 atom stereocenters. The van der Waals surface area contributed by atoms with Crippen LogP contribution in [0, 0.1) is 6.92 Å². The molecule has 1 rings (SSSR count). The topological polar surface area (TPSA) is 0 Å². The van der Waals surface area contributed by atoms with Gasteiger partial charge in [-0.25, -0.2) is 0 Å². The van der Waals surface area contributed by atoms with Crippen molar-refractivity contribution in [2.45, 2.75) is 16.1 Å². The highest BCUT2D eigenvalue weighted by atomic mass is 35.6. The third-order valence-electron chi connectivity index (χ3n) is 1.66. The summed E-state index contributed by atoms with van der Waals surface area (Å²) in [7, 11) is 0. The molecular formula is C9H8Cl4. The molecule has 0 nitrogen and oxygen atoms in total. The van der Waals surface area contributed by atoms with E-state index in [0.29, 0.717) is 0 Å². The quantitative estimate of drug-likeness (QED) is 0.643. The molecule has 0 aromatic heterocycles. The number of hydrogen-bond acceptors (Lipinski definition) is 0. The third kappa shape index (κ3) is 3.21. The van der Waals surface area contributed by atoms with Gasteiger partial charge in [0, 0.05) is 0 Å². The molecule has 1 aromatic carbocycles. The summed E-state index contributed by atoms with van der Waals surface area (Å²) in [6, 6.07) is 7.58. The fraction of sp³-hybridized carbons (Fsp3) is 0.333. The van der Waals surface area contributed by atoms with Crippen molar-refractivity contribution < 1.29 is 0 Å². The van der Waals surface area contributed by atoms with Crippen LogP contribution in [-0.2, 0) is 0 Å². The van der Waals surface area contributed by atoms with Crippen molar-refractivity contribution in [1.29, 1.82) is 0 Å². The van der Waals surface area contributed by atoms with Crippen molar-refractivity contribution in [1.82, 2.24) is 0 Å². The zero-order chi connectivity index (χ0) is 10.1. The Morgan fingerprint density at radius 1 is 1.08 bits per heavy atom. The minimum absolute atomic E-state index is 0.613. The smallest absolute Gasteiger partial charge is 0.113 e. The molecule has 1 unspecified atom stereocenters. The molecule has 1 aromatic rings. The summed E-state index contributed by atoms with van der Waals surface area (Å²) >= 11 is 22.9. The van der Waals surface area contributed by atoms with Crippen LogP contribution in [0.1, 0.15) is 16.5 Å². The minimum Gasteiger partial charge on any atom is -0.113 e. The van der Waals surface area contributed by atoms with E-state index in [2.05, 4.69) is 0 Å². The Labute approximate surface area is 97.7 Å². The molecule has 4 heteroatoms. The molecule has 0 spiro atoms. The van der Waals surface area contributed by atoms with Crippen LogP contribution in [-0.4, -0.2) is 3.79 Å². The van der Waals surface area contributed by atoms with E-state index < -0.39 is 9.17 Å². The summed E-state index contributed by atoms with van der Waals surface area (Å²) in [5.41, 5.74) is 1.96. The summed E-state index contributed by atoms with van der Waals surface area (Å²) in [6.07, 6.45) is 0. The lowest BCUT2D eigenvalue weighted by Gasteiger charge is -2.18. The van der Waals surface area contributed by atoms with Crippen LogP contribution < -0.4 is 0 Å². The van der Waals surface area contributed by atoms with Gasteiger partial charge in [-0.2, -0.15) is 0 Å². The lowest BCUT2D eigenvalue weighted by Crippen LogP contribution is -2.11. The minimum atomic E-state index is -1.46. The Kier molecular flexibility index (Phi) is 3.76. The van der Waals surface area contributed by atoms with Gasteiger partial charge < -0.3 is 0 Å². The molecule has 72 valence electrons. The molecular weight excluding hydrogens is 250 g/mol. The van der Waals surface area contributed by atoms with E-state index in [1.165, 1.54) is 0 Å². The molecule has 0 amide bonds. The predicted octanol–water partition coefficient (Wildman–Crippen LogP) is 4.65. The van der Waals surface area contributed by atoms with Crippen molar-refractivity contribution in [3.8, 4) is 0 Å². The summed E-state index contributed by atoms with van der Waals surface area (Å²) in [5.74, 6) is 0. The van der Waals surface area contributed by atoms with Gasteiger partial charge in [-0.15, -0.1) is 11.6 Å². The summed E-state index contributed by atoms with van der Waals surface area (Å²) in [5, 5.41) is -0.613. The first-order valence-electron chi connectivity index (χ1n) is 3.68. The second-order valence-corrected chi connectivity index (χ2v) is 5.62. The second-order valence-electron chi connectivity index (χ2n) is 2.81. The number of hydrogen-bond donors (Lipinski definition) is 0. The van der Waals surface area contributed by atoms with Crippen LogP contribution in [0.15, 0.2) is 24.3 Å². The zero-order valence-electron chi connectivity index (χ0n) is 6.90. The summed E-state index contributed by atoms with van der Waals surface area (Å²) < 4.78 is -1.46. The number of rotatable bonds is 1. The maximum atomic E-state index is 5.94. The van der Waals surface area contributed by atoms with Gasteiger partial charge in [0.15, 0.2) is 0 Å². The maximum absolute atomic E-state index is 5.94. The van der Waals surface area contributed by atoms with Gasteiger partial charge in [0.2, 0.25) is 3.79 Å². The lowest BCUT2D eigenvalue weighted by molar-refractivity contribution is 0.971. The highest BCUT2D eigenvalue weighted by molar-refractivity contribution is 6.70. The van der Waals surface area contributed by atoms with Crippen LogP contribution >= 0.6 is 46.4 Å². The lowest BCUT2D eigenvalue weighted by atomic mass is 10.1. The first kappa shape index (κ1) is 11.5. The normalized spacial score (nSPS) is 14.2. The monoisotopic (exact) mass is 256 g/mol. The molecule has 0 saturated carbocycles. The Morgan fingerprint density at radius 2 is 1.54 bits per heavy atom. The van der Waals surface area contributed by atoms with Gasteiger partial charge >= 0.3 is 0 Å². The Morgan fingerprint density at radius 3 is 1.92 bits per heavy atom. The van der Waals surface area contributed by atoms with Crippen LogP contribution in [0.5, 0.6) is 0 Å². The molecule has 0 fully saturated rings. The number of alkyl halides is 4. The van der Waals surface area contributed by atoms with Gasteiger partial charge in [0.05, 0.1) is 0 Å². The van der Waals surface area contributed by atoms with Crippen molar-refractivity contribution in [3.63, 3.8) is 0 Å². The van der Waals surface area contributed by atoms with E-state index in [-0.39, 0.29) is 0 Å². The fourth-order valence-corrected chi connectivity index (χ4v) is 1.45. The fourth-order valence-electron chi connectivity index (χ4n) is 0.924. The van der Waals surface area contributed by atoms with E-state index in [4.69, 9.17) is 46.4 Å². The molecule has 0 bridgehead atoms.